The molecule has 1 N–H and O–H groups in total. The highest BCUT2D eigenvalue weighted by Crippen LogP contribution is 2.20. The molecule has 0 spiro atoms. The summed E-state index contributed by atoms with van der Waals surface area (Å²) in [6, 6.07) is 12.5. The molecular weight excluding hydrogens is 303 g/mol. The summed E-state index contributed by atoms with van der Waals surface area (Å²) >= 11 is 5.99. The fourth-order valence-electron chi connectivity index (χ4n) is 1.78. The van der Waals surface area contributed by atoms with Crippen molar-refractivity contribution in [3.8, 4) is 6.07 Å². The molecule has 0 fully saturated rings. The molecule has 0 atom stereocenters. The van der Waals surface area contributed by atoms with E-state index in [1.54, 1.807) is 24.3 Å². The van der Waals surface area contributed by atoms with Gasteiger partial charge in [-0.3, -0.25) is 4.79 Å². The Morgan fingerprint density at radius 3 is 2.73 bits per heavy atom. The number of anilines is 1. The Hall–Kier alpha value is -2.64. The normalized spacial score (nSPS) is 10.9. The largest absolute Gasteiger partial charge is 0.321 e. The minimum Gasteiger partial charge on any atom is -0.321 e. The van der Waals surface area contributed by atoms with Gasteiger partial charge < -0.3 is 5.32 Å². The number of hydrogen-bond donors (Lipinski definition) is 1. The van der Waals surface area contributed by atoms with Gasteiger partial charge in [0, 0.05) is 10.7 Å². The van der Waals surface area contributed by atoms with E-state index in [0.717, 1.165) is 5.56 Å². The Morgan fingerprint density at radius 1 is 1.32 bits per heavy atom. The van der Waals surface area contributed by atoms with Crippen LogP contribution in [0.3, 0.4) is 0 Å². The van der Waals surface area contributed by atoms with Gasteiger partial charge in [-0.25, -0.2) is 4.39 Å². The van der Waals surface area contributed by atoms with Crippen LogP contribution in [0.25, 0.3) is 6.08 Å². The van der Waals surface area contributed by atoms with Crippen LogP contribution in [-0.2, 0) is 4.79 Å². The Bertz CT molecular complexity index is 793. The van der Waals surface area contributed by atoms with Gasteiger partial charge in [0.1, 0.15) is 17.5 Å². The first-order valence-corrected chi connectivity index (χ1v) is 6.82. The molecule has 0 bridgehead atoms. The van der Waals surface area contributed by atoms with Gasteiger partial charge in [-0.1, -0.05) is 29.8 Å². The smallest absolute Gasteiger partial charge is 0.266 e. The molecule has 2 rings (SSSR count). The van der Waals surface area contributed by atoms with E-state index >= 15 is 0 Å². The van der Waals surface area contributed by atoms with Crippen LogP contribution in [-0.4, -0.2) is 5.91 Å². The van der Waals surface area contributed by atoms with Gasteiger partial charge >= 0.3 is 0 Å². The van der Waals surface area contributed by atoms with Crippen LogP contribution in [0.1, 0.15) is 11.1 Å². The topological polar surface area (TPSA) is 52.9 Å². The van der Waals surface area contributed by atoms with Crippen LogP contribution in [0.2, 0.25) is 5.02 Å². The van der Waals surface area contributed by atoms with E-state index < -0.39 is 11.7 Å². The zero-order chi connectivity index (χ0) is 16.1. The number of carbonyl (C=O) groups is 1. The predicted molar refractivity (Wildman–Crippen MR) is 84.8 cm³/mol. The number of nitriles is 1. The number of aryl methyl sites for hydroxylation is 1. The Balaban J connectivity index is 2.22. The quantitative estimate of drug-likeness (QED) is 0.677. The number of nitrogens with one attached hydrogen (secondary N) is 1. The van der Waals surface area contributed by atoms with Gasteiger partial charge in [-0.15, -0.1) is 0 Å². The molecule has 0 heterocycles. The molecule has 0 aromatic heterocycles. The summed E-state index contributed by atoms with van der Waals surface area (Å²) in [6.45, 7) is 1.85. The lowest BCUT2D eigenvalue weighted by atomic mass is 10.1. The van der Waals surface area contributed by atoms with Gasteiger partial charge in [0.05, 0.1) is 0 Å². The zero-order valence-electron chi connectivity index (χ0n) is 11.7. The van der Waals surface area contributed by atoms with Crippen molar-refractivity contribution in [3.05, 3.63) is 70.0 Å². The lowest BCUT2D eigenvalue weighted by molar-refractivity contribution is -0.112. The second-order valence-electron chi connectivity index (χ2n) is 4.64. The fourth-order valence-corrected chi connectivity index (χ4v) is 1.96. The molecule has 0 aliphatic carbocycles. The van der Waals surface area contributed by atoms with E-state index in [-0.39, 0.29) is 5.57 Å². The third-order valence-corrected chi connectivity index (χ3v) is 3.36. The summed E-state index contributed by atoms with van der Waals surface area (Å²) in [4.78, 5) is 12.1. The molecule has 110 valence electrons. The van der Waals surface area contributed by atoms with E-state index in [9.17, 15) is 9.18 Å². The number of halogens is 2. The molecule has 22 heavy (non-hydrogen) atoms. The number of benzene rings is 2. The van der Waals surface area contributed by atoms with Gasteiger partial charge in [0.2, 0.25) is 0 Å². The van der Waals surface area contributed by atoms with Crippen molar-refractivity contribution in [1.82, 2.24) is 0 Å². The van der Waals surface area contributed by atoms with Crippen LogP contribution in [0.5, 0.6) is 0 Å². The molecule has 3 nitrogen and oxygen atoms in total. The minimum absolute atomic E-state index is 0.123. The van der Waals surface area contributed by atoms with Crippen LogP contribution in [0, 0.1) is 24.1 Å². The highest BCUT2D eigenvalue weighted by atomic mass is 35.5. The minimum atomic E-state index is -0.577. The average Bonchev–Trinajstić information content (AvgIpc) is 2.48. The number of amides is 1. The molecule has 0 saturated heterocycles. The standard InChI is InChI=1S/C17H12ClFN2O/c1-11-5-6-15(9-16(11)18)21-17(22)13(10-20)7-12-3-2-4-14(19)8-12/h2-9H,1H3,(H,21,22)/b13-7-. The third kappa shape index (κ3) is 3.94. The second kappa shape index (κ2) is 6.88. The second-order valence-corrected chi connectivity index (χ2v) is 5.05. The maximum atomic E-state index is 13.1. The van der Waals surface area contributed by atoms with E-state index in [0.29, 0.717) is 16.3 Å². The van der Waals surface area contributed by atoms with Crippen LogP contribution in [0.15, 0.2) is 48.0 Å². The highest BCUT2D eigenvalue weighted by molar-refractivity contribution is 6.31. The van der Waals surface area contributed by atoms with E-state index in [4.69, 9.17) is 16.9 Å². The molecule has 2 aromatic carbocycles. The zero-order valence-corrected chi connectivity index (χ0v) is 12.5. The molecule has 5 heteroatoms. The third-order valence-electron chi connectivity index (χ3n) is 2.95. The number of hydrogen-bond acceptors (Lipinski definition) is 2. The summed E-state index contributed by atoms with van der Waals surface area (Å²) < 4.78 is 13.1. The SMILES string of the molecule is Cc1ccc(NC(=O)/C(C#N)=C\c2cccc(F)c2)cc1Cl. The lowest BCUT2D eigenvalue weighted by Gasteiger charge is -2.06. The molecule has 2 aromatic rings. The van der Waals surface area contributed by atoms with Gasteiger partial charge in [0.25, 0.3) is 5.91 Å². The highest BCUT2D eigenvalue weighted by Gasteiger charge is 2.10. The van der Waals surface area contributed by atoms with Crippen LogP contribution < -0.4 is 5.32 Å². The van der Waals surface area contributed by atoms with E-state index in [1.165, 1.54) is 24.3 Å². The first kappa shape index (κ1) is 15.7. The van der Waals surface area contributed by atoms with Crippen molar-refractivity contribution in [2.24, 2.45) is 0 Å². The van der Waals surface area contributed by atoms with Crippen LogP contribution >= 0.6 is 11.6 Å². The summed E-state index contributed by atoms with van der Waals surface area (Å²) in [6.07, 6.45) is 1.33. The first-order chi connectivity index (χ1) is 10.5. The predicted octanol–water partition coefficient (Wildman–Crippen LogP) is 4.33. The maximum absolute atomic E-state index is 13.1. The maximum Gasteiger partial charge on any atom is 0.266 e. The molecular formula is C17H12ClFN2O. The Kier molecular flexibility index (Phi) is 4.92. The van der Waals surface area contributed by atoms with Crippen molar-refractivity contribution in [1.29, 1.82) is 5.26 Å². The fraction of sp³-hybridized carbons (Fsp3) is 0.0588. The number of nitrogens with zero attached hydrogens (tertiary/aromatic N) is 1. The van der Waals surface area contributed by atoms with Crippen molar-refractivity contribution in [3.63, 3.8) is 0 Å². The monoisotopic (exact) mass is 314 g/mol. The molecule has 1 amide bonds. The summed E-state index contributed by atoms with van der Waals surface area (Å²) in [5.41, 5.74) is 1.69. The van der Waals surface area contributed by atoms with Crippen molar-refractivity contribution < 1.29 is 9.18 Å². The Labute approximate surface area is 132 Å². The van der Waals surface area contributed by atoms with Crippen molar-refractivity contribution in [2.75, 3.05) is 5.32 Å². The number of carbonyl (C=O) groups excluding carboxylic acids is 1. The summed E-state index contributed by atoms with van der Waals surface area (Å²) in [5, 5.41) is 12.2. The molecule has 0 radical (unpaired) electrons. The molecule has 0 saturated carbocycles. The van der Waals surface area contributed by atoms with Gasteiger partial charge in [-0.2, -0.15) is 5.26 Å². The van der Waals surface area contributed by atoms with E-state index in [1.807, 2.05) is 13.0 Å². The molecule has 0 aliphatic rings. The first-order valence-electron chi connectivity index (χ1n) is 6.44. The van der Waals surface area contributed by atoms with Gasteiger partial charge in [-0.05, 0) is 48.4 Å². The summed E-state index contributed by atoms with van der Waals surface area (Å²) in [5.74, 6) is -1.01. The molecule has 0 aliphatic heterocycles. The Morgan fingerprint density at radius 2 is 2.09 bits per heavy atom. The lowest BCUT2D eigenvalue weighted by Crippen LogP contribution is -2.13. The van der Waals surface area contributed by atoms with Crippen molar-refractivity contribution >= 4 is 29.3 Å². The van der Waals surface area contributed by atoms with Crippen molar-refractivity contribution in [2.45, 2.75) is 6.92 Å². The van der Waals surface area contributed by atoms with Crippen LogP contribution in [0.4, 0.5) is 10.1 Å². The number of rotatable bonds is 3. The molecule has 0 unspecified atom stereocenters. The van der Waals surface area contributed by atoms with E-state index in [2.05, 4.69) is 5.32 Å². The van der Waals surface area contributed by atoms with Gasteiger partial charge in [0.15, 0.2) is 0 Å². The average molecular weight is 315 g/mol. The summed E-state index contributed by atoms with van der Waals surface area (Å²) in [7, 11) is 0.